The number of methoxy groups -OCH3 is 1. The maximum atomic E-state index is 11.1. The maximum Gasteiger partial charge on any atom is 0.308 e. The SMILES string of the molecule is CC.CC.CCC.CCC(CC)(c1ccc(OC)cc1)c1ccc(OC(C)=O)cc1. The van der Waals surface area contributed by atoms with Gasteiger partial charge in [0.15, 0.2) is 0 Å². The molecule has 0 aromatic heterocycles. The molecule has 2 aromatic carbocycles. The van der Waals surface area contributed by atoms with Gasteiger partial charge < -0.3 is 9.47 Å². The topological polar surface area (TPSA) is 35.5 Å². The van der Waals surface area contributed by atoms with Crippen molar-refractivity contribution in [2.24, 2.45) is 0 Å². The van der Waals surface area contributed by atoms with Gasteiger partial charge in [-0.3, -0.25) is 4.79 Å². The molecule has 30 heavy (non-hydrogen) atoms. The zero-order valence-corrected chi connectivity index (χ0v) is 21.0. The second kappa shape index (κ2) is 17.6. The number of esters is 1. The quantitative estimate of drug-likeness (QED) is 0.351. The normalized spacial score (nSPS) is 9.53. The molecular weight excluding hydrogens is 372 g/mol. The Bertz CT molecular complexity index is 654. The summed E-state index contributed by atoms with van der Waals surface area (Å²) in [4.78, 5) is 11.1. The number of benzene rings is 2. The summed E-state index contributed by atoms with van der Waals surface area (Å²) >= 11 is 0. The number of carbonyl (C=O) groups is 1. The lowest BCUT2D eigenvalue weighted by Crippen LogP contribution is -2.26. The Balaban J connectivity index is 0. The zero-order valence-electron chi connectivity index (χ0n) is 21.0. The van der Waals surface area contributed by atoms with Crippen LogP contribution in [-0.4, -0.2) is 13.1 Å². The Labute approximate surface area is 185 Å². The fourth-order valence-corrected chi connectivity index (χ4v) is 3.15. The van der Waals surface area contributed by atoms with E-state index in [9.17, 15) is 4.79 Å². The van der Waals surface area contributed by atoms with Crippen molar-refractivity contribution in [3.05, 3.63) is 59.7 Å². The van der Waals surface area contributed by atoms with E-state index in [1.165, 1.54) is 24.5 Å². The van der Waals surface area contributed by atoms with Gasteiger partial charge in [0.1, 0.15) is 11.5 Å². The molecule has 0 fully saturated rings. The van der Waals surface area contributed by atoms with Crippen LogP contribution >= 0.6 is 0 Å². The molecule has 0 saturated heterocycles. The van der Waals surface area contributed by atoms with Gasteiger partial charge in [0.25, 0.3) is 0 Å². The van der Waals surface area contributed by atoms with Crippen molar-refractivity contribution in [3.63, 3.8) is 0 Å². The molecule has 0 aliphatic rings. The molecule has 0 aliphatic carbocycles. The van der Waals surface area contributed by atoms with Crippen molar-refractivity contribution in [2.75, 3.05) is 7.11 Å². The standard InChI is InChI=1S/C20H24O3.C3H8.2C2H6/c1-5-20(6-2,16-7-11-18(22-4)12-8-16)17-9-13-19(14-10-17)23-15(3)21;1-3-2;2*1-2/h7-14H,5-6H2,1-4H3;3H2,1-2H3;2*1-2H3. The smallest absolute Gasteiger partial charge is 0.308 e. The van der Waals surface area contributed by atoms with Crippen LogP contribution in [0.15, 0.2) is 48.5 Å². The second-order valence-corrected chi connectivity index (χ2v) is 6.34. The van der Waals surface area contributed by atoms with Crippen LogP contribution in [-0.2, 0) is 10.2 Å². The number of rotatable bonds is 6. The van der Waals surface area contributed by atoms with Gasteiger partial charge in [-0.2, -0.15) is 0 Å². The van der Waals surface area contributed by atoms with E-state index in [4.69, 9.17) is 9.47 Å². The first-order valence-corrected chi connectivity index (χ1v) is 11.4. The molecule has 0 aliphatic heterocycles. The first kappa shape index (κ1) is 29.9. The largest absolute Gasteiger partial charge is 0.497 e. The van der Waals surface area contributed by atoms with Crippen molar-refractivity contribution in [2.45, 2.75) is 87.0 Å². The molecule has 3 nitrogen and oxygen atoms in total. The van der Waals surface area contributed by atoms with E-state index in [0.717, 1.165) is 18.6 Å². The van der Waals surface area contributed by atoms with Gasteiger partial charge >= 0.3 is 5.97 Å². The fourth-order valence-electron chi connectivity index (χ4n) is 3.15. The van der Waals surface area contributed by atoms with E-state index in [2.05, 4.69) is 52.0 Å². The van der Waals surface area contributed by atoms with Crippen molar-refractivity contribution < 1.29 is 14.3 Å². The minimum Gasteiger partial charge on any atom is -0.497 e. The molecule has 170 valence electrons. The van der Waals surface area contributed by atoms with Crippen LogP contribution in [0.3, 0.4) is 0 Å². The highest BCUT2D eigenvalue weighted by Crippen LogP contribution is 2.39. The first-order chi connectivity index (χ1) is 14.5. The van der Waals surface area contributed by atoms with Crippen molar-refractivity contribution in [3.8, 4) is 11.5 Å². The number of hydrogen-bond donors (Lipinski definition) is 0. The van der Waals surface area contributed by atoms with Gasteiger partial charge in [-0.25, -0.2) is 0 Å². The summed E-state index contributed by atoms with van der Waals surface area (Å²) in [7, 11) is 1.68. The predicted molar refractivity (Wildman–Crippen MR) is 131 cm³/mol. The van der Waals surface area contributed by atoms with Crippen LogP contribution in [0.25, 0.3) is 0 Å². The molecule has 0 radical (unpaired) electrons. The predicted octanol–water partition coefficient (Wildman–Crippen LogP) is 8.20. The average molecular weight is 417 g/mol. The van der Waals surface area contributed by atoms with Gasteiger partial charge in [0, 0.05) is 12.3 Å². The molecular formula is C27H44O3. The van der Waals surface area contributed by atoms with Crippen LogP contribution in [0.1, 0.15) is 92.7 Å². The highest BCUT2D eigenvalue weighted by molar-refractivity contribution is 5.69. The molecule has 0 spiro atoms. The van der Waals surface area contributed by atoms with Crippen LogP contribution in [0.5, 0.6) is 11.5 Å². The van der Waals surface area contributed by atoms with Gasteiger partial charge in [0.2, 0.25) is 0 Å². The lowest BCUT2D eigenvalue weighted by atomic mass is 9.70. The summed E-state index contributed by atoms with van der Waals surface area (Å²) in [6.45, 7) is 18.1. The lowest BCUT2D eigenvalue weighted by Gasteiger charge is -2.33. The summed E-state index contributed by atoms with van der Waals surface area (Å²) in [5, 5.41) is 0. The number of carbonyl (C=O) groups excluding carboxylic acids is 1. The number of ether oxygens (including phenoxy) is 2. The molecule has 0 atom stereocenters. The molecule has 0 saturated carbocycles. The molecule has 2 rings (SSSR count). The second-order valence-electron chi connectivity index (χ2n) is 6.34. The van der Waals surface area contributed by atoms with E-state index in [1.807, 2.05) is 52.0 Å². The Morgan fingerprint density at radius 2 is 1.07 bits per heavy atom. The minimum atomic E-state index is -0.301. The van der Waals surface area contributed by atoms with Gasteiger partial charge in [-0.15, -0.1) is 0 Å². The maximum absolute atomic E-state index is 11.1. The number of hydrogen-bond acceptors (Lipinski definition) is 3. The first-order valence-electron chi connectivity index (χ1n) is 11.4. The van der Waals surface area contributed by atoms with Gasteiger partial charge in [-0.05, 0) is 48.2 Å². The third kappa shape index (κ3) is 9.02. The summed E-state index contributed by atoms with van der Waals surface area (Å²) in [6, 6.07) is 16.1. The molecule has 0 heterocycles. The van der Waals surface area contributed by atoms with Crippen molar-refractivity contribution in [1.29, 1.82) is 0 Å². The van der Waals surface area contributed by atoms with Crippen molar-refractivity contribution >= 4 is 5.97 Å². The summed E-state index contributed by atoms with van der Waals surface area (Å²) in [5.41, 5.74) is 2.44. The summed E-state index contributed by atoms with van der Waals surface area (Å²) in [5.74, 6) is 1.14. The Morgan fingerprint density at radius 1 is 0.733 bits per heavy atom. The van der Waals surface area contributed by atoms with Crippen LogP contribution in [0.2, 0.25) is 0 Å². The molecule has 2 aromatic rings. The lowest BCUT2D eigenvalue weighted by molar-refractivity contribution is -0.131. The van der Waals surface area contributed by atoms with Gasteiger partial charge in [0.05, 0.1) is 7.11 Å². The van der Waals surface area contributed by atoms with Crippen LogP contribution < -0.4 is 9.47 Å². The van der Waals surface area contributed by atoms with Crippen LogP contribution in [0.4, 0.5) is 0 Å². The molecule has 0 N–H and O–H groups in total. The van der Waals surface area contributed by atoms with Crippen molar-refractivity contribution in [1.82, 2.24) is 0 Å². The molecule has 0 amide bonds. The molecule has 3 heteroatoms. The third-order valence-electron chi connectivity index (χ3n) is 4.52. The van der Waals surface area contributed by atoms with E-state index >= 15 is 0 Å². The Kier molecular flexibility index (Phi) is 17.5. The highest BCUT2D eigenvalue weighted by atomic mass is 16.5. The van der Waals surface area contributed by atoms with Crippen LogP contribution in [0, 0.1) is 0 Å². The third-order valence-corrected chi connectivity index (χ3v) is 4.52. The van der Waals surface area contributed by atoms with E-state index in [1.54, 1.807) is 7.11 Å². The molecule has 0 bridgehead atoms. The van der Waals surface area contributed by atoms with E-state index < -0.39 is 0 Å². The fraction of sp³-hybridized carbons (Fsp3) is 0.519. The zero-order chi connectivity index (χ0) is 23.6. The highest BCUT2D eigenvalue weighted by Gasteiger charge is 2.30. The summed E-state index contributed by atoms with van der Waals surface area (Å²) in [6.07, 6.45) is 3.23. The minimum absolute atomic E-state index is 0.0545. The Hall–Kier alpha value is -2.29. The Morgan fingerprint density at radius 3 is 1.33 bits per heavy atom. The molecule has 0 unspecified atom stereocenters. The van der Waals surface area contributed by atoms with Gasteiger partial charge in [-0.1, -0.05) is 86.1 Å². The average Bonchev–Trinajstić information content (AvgIpc) is 2.79. The summed E-state index contributed by atoms with van der Waals surface area (Å²) < 4.78 is 10.4. The van der Waals surface area contributed by atoms with E-state index in [0.29, 0.717) is 5.75 Å². The van der Waals surface area contributed by atoms with E-state index in [-0.39, 0.29) is 11.4 Å². The monoisotopic (exact) mass is 416 g/mol.